The van der Waals surface area contributed by atoms with Gasteiger partial charge in [0, 0.05) is 6.92 Å². The van der Waals surface area contributed by atoms with Gasteiger partial charge in [-0.05, 0) is 0 Å². The van der Waals surface area contributed by atoms with Crippen LogP contribution in [0, 0.1) is 17.0 Å². The van der Waals surface area contributed by atoms with Crippen molar-refractivity contribution in [1.29, 1.82) is 0 Å². The van der Waals surface area contributed by atoms with E-state index in [1.54, 1.807) is 13.0 Å². The van der Waals surface area contributed by atoms with E-state index in [1.807, 2.05) is 0 Å². The van der Waals surface area contributed by atoms with Gasteiger partial charge in [0.05, 0.1) is 0 Å². The van der Waals surface area contributed by atoms with Crippen LogP contribution in [0.25, 0.3) is 0 Å². The van der Waals surface area contributed by atoms with Crippen LogP contribution in [0.4, 0.5) is 5.69 Å². The molecule has 7 heteroatoms. The number of carboxylic acid groups (broad SMARTS) is 1. The Hall–Kier alpha value is -1.17. The molecule has 1 aromatic carbocycles. The fraction of sp³-hybridized carbons (Fsp3) is 0.222. The fourth-order valence-electron chi connectivity index (χ4n) is 0.997. The van der Waals surface area contributed by atoms with Crippen LogP contribution in [0.5, 0.6) is 5.75 Å². The molecule has 0 saturated carbocycles. The van der Waals surface area contributed by atoms with Crippen LogP contribution in [0.15, 0.2) is 12.1 Å². The molecule has 0 heterocycles. The molecule has 0 aliphatic heterocycles. The van der Waals surface area contributed by atoms with Gasteiger partial charge in [0.25, 0.3) is 5.97 Å². The molecule has 0 bridgehead atoms. The molecule has 0 aromatic heterocycles. The number of phenols is 1. The van der Waals surface area contributed by atoms with E-state index in [4.69, 9.17) is 9.90 Å². The average Bonchev–Trinajstić information content (AvgIpc) is 2.10. The molecule has 0 unspecified atom stereocenters. The molecular formula is C9H10HgNO5. The molecule has 0 amide bonds. The molecule has 16 heavy (non-hydrogen) atoms. The summed E-state index contributed by atoms with van der Waals surface area (Å²) >= 11 is 0.0643. The molecule has 0 spiro atoms. The van der Waals surface area contributed by atoms with E-state index < -0.39 is 10.9 Å². The van der Waals surface area contributed by atoms with Gasteiger partial charge in [-0.2, -0.15) is 0 Å². The summed E-state index contributed by atoms with van der Waals surface area (Å²) in [4.78, 5) is 19.1. The van der Waals surface area contributed by atoms with Crippen molar-refractivity contribution in [1.82, 2.24) is 0 Å². The van der Waals surface area contributed by atoms with Gasteiger partial charge in [0.15, 0.2) is 0 Å². The zero-order valence-electron chi connectivity index (χ0n) is 8.93. The number of nitrogens with zero attached hydrogens (tertiary/aromatic N) is 1. The van der Waals surface area contributed by atoms with E-state index >= 15 is 0 Å². The molecule has 0 saturated heterocycles. The summed E-state index contributed by atoms with van der Waals surface area (Å²) < 4.78 is 0.514. The van der Waals surface area contributed by atoms with Crippen molar-refractivity contribution >= 4 is 14.7 Å². The number of hydrogen-bond donors (Lipinski definition) is 2. The number of rotatable bonds is 1. The molecule has 0 aliphatic rings. The van der Waals surface area contributed by atoms with E-state index in [2.05, 4.69) is 0 Å². The predicted molar refractivity (Wildman–Crippen MR) is 52.4 cm³/mol. The molecule has 0 fully saturated rings. The van der Waals surface area contributed by atoms with Crippen molar-refractivity contribution in [3.63, 3.8) is 0 Å². The normalized spacial score (nSPS) is 9.00. The summed E-state index contributed by atoms with van der Waals surface area (Å²) in [7, 11) is 0. The molecule has 1 aromatic rings. The van der Waals surface area contributed by atoms with Crippen molar-refractivity contribution in [3.8, 4) is 5.75 Å². The Bertz CT molecular complexity index is 415. The first-order valence-electron chi connectivity index (χ1n) is 4.25. The third kappa shape index (κ3) is 4.56. The van der Waals surface area contributed by atoms with Crippen LogP contribution in [-0.4, -0.2) is 21.1 Å². The summed E-state index contributed by atoms with van der Waals surface area (Å²) in [6, 6.07) is 3.06. The van der Waals surface area contributed by atoms with Gasteiger partial charge in [0.1, 0.15) is 0 Å². The molecule has 0 radical (unpaired) electrons. The molecule has 6 nitrogen and oxygen atoms in total. The Morgan fingerprint density at radius 1 is 1.50 bits per heavy atom. The summed E-state index contributed by atoms with van der Waals surface area (Å²) in [5.41, 5.74) is 0.695. The summed E-state index contributed by atoms with van der Waals surface area (Å²) in [5, 5.41) is 27.2. The number of nitro benzene ring substituents is 1. The SMILES string of the molecule is CC(=O)O.Cc1ccc(O)[c]([Hg])c1[N+](=O)[O-]. The van der Waals surface area contributed by atoms with Gasteiger partial charge in [-0.1, -0.05) is 0 Å². The van der Waals surface area contributed by atoms with Crippen LogP contribution < -0.4 is 3.07 Å². The summed E-state index contributed by atoms with van der Waals surface area (Å²) in [5.74, 6) is -0.782. The van der Waals surface area contributed by atoms with Crippen LogP contribution in [0.1, 0.15) is 12.5 Å². The van der Waals surface area contributed by atoms with Gasteiger partial charge in [-0.15, -0.1) is 0 Å². The van der Waals surface area contributed by atoms with Gasteiger partial charge in [0.2, 0.25) is 0 Å². The first-order chi connectivity index (χ1) is 7.27. The van der Waals surface area contributed by atoms with E-state index in [0.717, 1.165) is 6.92 Å². The average molecular weight is 413 g/mol. The maximum atomic E-state index is 10.5. The number of hydrogen-bond acceptors (Lipinski definition) is 4. The molecule has 0 atom stereocenters. The molecule has 83 valence electrons. The predicted octanol–water partition coefficient (Wildman–Crippen LogP) is 0.872. The van der Waals surface area contributed by atoms with E-state index in [-0.39, 0.29) is 37.6 Å². The number of aliphatic carboxylic acids is 1. The zero-order valence-corrected chi connectivity index (χ0v) is 14.4. The van der Waals surface area contributed by atoms with Gasteiger partial charge in [-0.3, -0.25) is 4.79 Å². The Morgan fingerprint density at radius 2 is 1.94 bits per heavy atom. The van der Waals surface area contributed by atoms with Crippen molar-refractivity contribution in [2.75, 3.05) is 0 Å². The molecular weight excluding hydrogens is 403 g/mol. The quantitative estimate of drug-likeness (QED) is 0.405. The Labute approximate surface area is 108 Å². The summed E-state index contributed by atoms with van der Waals surface area (Å²) in [6.45, 7) is 2.76. The Morgan fingerprint density at radius 3 is 2.25 bits per heavy atom. The van der Waals surface area contributed by atoms with Crippen LogP contribution >= 0.6 is 0 Å². The number of aromatic hydroxyl groups is 1. The second-order valence-electron chi connectivity index (χ2n) is 3.00. The first-order valence-corrected chi connectivity index (χ1v) is 7.00. The number of phenolic OH excluding ortho intramolecular Hbond substituents is 1. The summed E-state index contributed by atoms with van der Waals surface area (Å²) in [6.07, 6.45) is 0. The molecule has 2 N–H and O–H groups in total. The van der Waals surface area contributed by atoms with E-state index in [1.165, 1.54) is 6.07 Å². The number of carboxylic acids is 1. The van der Waals surface area contributed by atoms with Crippen LogP contribution in [0.3, 0.4) is 0 Å². The van der Waals surface area contributed by atoms with Crippen molar-refractivity contribution in [2.45, 2.75) is 13.8 Å². The minimum atomic E-state index is -0.833. The van der Waals surface area contributed by atoms with Crippen molar-refractivity contribution in [2.24, 2.45) is 0 Å². The standard InChI is InChI=1S/C7H6NO3.C2H4O2.Hg/c1-5-2-3-6(9)4-7(5)8(10)11;1-2(3)4;/h2-3,9H,1H3;1H3,(H,3,4);. The molecule has 0 aliphatic carbocycles. The van der Waals surface area contributed by atoms with Gasteiger partial charge >= 0.3 is 85.4 Å². The third-order valence-corrected chi connectivity index (χ3v) is 4.35. The van der Waals surface area contributed by atoms with E-state index in [0.29, 0.717) is 8.64 Å². The Kier molecular flexibility index (Phi) is 5.95. The second-order valence-corrected chi connectivity index (χ2v) is 5.75. The first kappa shape index (κ1) is 14.8. The molecule has 1 rings (SSSR count). The number of nitro groups is 1. The number of aryl methyl sites for hydroxylation is 1. The monoisotopic (exact) mass is 414 g/mol. The van der Waals surface area contributed by atoms with E-state index in [9.17, 15) is 15.2 Å². The van der Waals surface area contributed by atoms with Gasteiger partial charge < -0.3 is 5.11 Å². The van der Waals surface area contributed by atoms with Crippen LogP contribution in [0.2, 0.25) is 0 Å². The zero-order chi connectivity index (χ0) is 12.9. The van der Waals surface area contributed by atoms with Crippen LogP contribution in [-0.2, 0) is 30.9 Å². The Balaban J connectivity index is 0.000000487. The van der Waals surface area contributed by atoms with Gasteiger partial charge in [-0.25, -0.2) is 0 Å². The maximum absolute atomic E-state index is 10.5. The number of benzene rings is 1. The third-order valence-electron chi connectivity index (χ3n) is 1.64. The topological polar surface area (TPSA) is 101 Å². The second kappa shape index (κ2) is 6.42. The van der Waals surface area contributed by atoms with Crippen molar-refractivity contribution in [3.05, 3.63) is 27.8 Å². The number of carbonyl (C=O) groups is 1. The minimum absolute atomic E-state index is 0.0515. The van der Waals surface area contributed by atoms with Crippen molar-refractivity contribution < 1.29 is 46.1 Å². The fourth-order valence-corrected chi connectivity index (χ4v) is 3.04.